The molecule has 10 heteroatoms. The lowest BCUT2D eigenvalue weighted by Crippen LogP contribution is -2.24. The topological polar surface area (TPSA) is 86.3 Å². The summed E-state index contributed by atoms with van der Waals surface area (Å²) in [6, 6.07) is 5.29. The van der Waals surface area contributed by atoms with Gasteiger partial charge in [-0.05, 0) is 36.4 Å². The molecule has 0 aromatic heterocycles. The first-order valence-electron chi connectivity index (χ1n) is 6.22. The van der Waals surface area contributed by atoms with Crippen molar-refractivity contribution in [2.45, 2.75) is 11.1 Å². The fraction of sp³-hybridized carbons (Fsp3) is 0.0714. The third-order valence-corrected chi connectivity index (χ3v) is 4.29. The number of sulfonamides is 1. The molecule has 0 radical (unpaired) electrons. The predicted molar refractivity (Wildman–Crippen MR) is 73.0 cm³/mol. The Bertz CT molecular complexity index is 894. The number of alkyl halides is 3. The highest BCUT2D eigenvalue weighted by atomic mass is 32.2. The first-order chi connectivity index (χ1) is 11.0. The van der Waals surface area contributed by atoms with Crippen LogP contribution in [0, 0.1) is 5.82 Å². The van der Waals surface area contributed by atoms with Gasteiger partial charge in [0.1, 0.15) is 5.82 Å². The number of hydrogen-bond acceptors (Lipinski definition) is 4. The standard InChI is InChI=1S/C14H9F4NO4S/c15-12-5-4-10(7-11(12)13(20)21)24(22,23)19-9-3-1-2-8(6-9)14(16,17)18/h1-7,19H,(H,20,21)/p-1. The van der Waals surface area contributed by atoms with E-state index in [1.165, 1.54) is 0 Å². The largest absolute Gasteiger partial charge is 0.545 e. The highest BCUT2D eigenvalue weighted by Gasteiger charge is 2.30. The Labute approximate surface area is 133 Å². The second-order valence-electron chi connectivity index (χ2n) is 4.61. The van der Waals surface area contributed by atoms with E-state index >= 15 is 0 Å². The molecule has 0 amide bonds. The molecule has 0 saturated heterocycles. The van der Waals surface area contributed by atoms with Gasteiger partial charge in [-0.2, -0.15) is 13.2 Å². The fourth-order valence-corrected chi connectivity index (χ4v) is 2.88. The van der Waals surface area contributed by atoms with Crippen LogP contribution in [-0.2, 0) is 16.2 Å². The van der Waals surface area contributed by atoms with Crippen molar-refractivity contribution < 1.29 is 35.9 Å². The number of carboxylic acid groups (broad SMARTS) is 1. The molecule has 1 N–H and O–H groups in total. The molecule has 2 rings (SSSR count). The second-order valence-corrected chi connectivity index (χ2v) is 6.30. The highest BCUT2D eigenvalue weighted by Crippen LogP contribution is 2.31. The first-order valence-corrected chi connectivity index (χ1v) is 7.70. The van der Waals surface area contributed by atoms with E-state index < -0.39 is 44.0 Å². The summed E-state index contributed by atoms with van der Waals surface area (Å²) in [6.45, 7) is 0. The van der Waals surface area contributed by atoms with Gasteiger partial charge < -0.3 is 9.90 Å². The Kier molecular flexibility index (Phi) is 4.52. The van der Waals surface area contributed by atoms with E-state index in [-0.39, 0.29) is 5.69 Å². The Balaban J connectivity index is 2.39. The monoisotopic (exact) mass is 362 g/mol. The van der Waals surface area contributed by atoms with Crippen LogP contribution >= 0.6 is 0 Å². The van der Waals surface area contributed by atoms with Gasteiger partial charge in [0.15, 0.2) is 0 Å². The van der Waals surface area contributed by atoms with Crippen LogP contribution < -0.4 is 9.83 Å². The van der Waals surface area contributed by atoms with Crippen molar-refractivity contribution in [3.8, 4) is 0 Å². The van der Waals surface area contributed by atoms with Gasteiger partial charge in [0.05, 0.1) is 16.4 Å². The van der Waals surface area contributed by atoms with E-state index in [0.29, 0.717) is 18.2 Å². The molecule has 5 nitrogen and oxygen atoms in total. The Morgan fingerprint density at radius 3 is 2.33 bits per heavy atom. The van der Waals surface area contributed by atoms with Crippen molar-refractivity contribution in [2.24, 2.45) is 0 Å². The van der Waals surface area contributed by atoms with E-state index in [4.69, 9.17) is 0 Å². The molecule has 0 spiro atoms. The number of nitrogens with one attached hydrogen (secondary N) is 1. The summed E-state index contributed by atoms with van der Waals surface area (Å²) in [5.74, 6) is -3.13. The van der Waals surface area contributed by atoms with Gasteiger partial charge >= 0.3 is 6.18 Å². The maximum absolute atomic E-state index is 13.3. The van der Waals surface area contributed by atoms with Crippen molar-refractivity contribution in [3.63, 3.8) is 0 Å². The maximum atomic E-state index is 13.3. The van der Waals surface area contributed by atoms with E-state index in [1.807, 2.05) is 4.72 Å². The lowest BCUT2D eigenvalue weighted by atomic mass is 10.2. The molecule has 2 aromatic rings. The first kappa shape index (κ1) is 17.7. The van der Waals surface area contributed by atoms with Crippen LogP contribution in [0.3, 0.4) is 0 Å². The van der Waals surface area contributed by atoms with Gasteiger partial charge in [-0.25, -0.2) is 12.8 Å². The molecule has 0 aliphatic heterocycles. The van der Waals surface area contributed by atoms with Crippen LogP contribution in [0.1, 0.15) is 15.9 Å². The Morgan fingerprint density at radius 1 is 1.08 bits per heavy atom. The van der Waals surface area contributed by atoms with Crippen molar-refractivity contribution in [1.82, 2.24) is 0 Å². The number of carbonyl (C=O) groups is 1. The van der Waals surface area contributed by atoms with Crippen LogP contribution in [-0.4, -0.2) is 14.4 Å². The number of benzene rings is 2. The summed E-state index contributed by atoms with van der Waals surface area (Å²) in [5, 5.41) is 10.7. The van der Waals surface area contributed by atoms with E-state index in [1.54, 1.807) is 0 Å². The molecule has 0 aliphatic carbocycles. The van der Waals surface area contributed by atoms with Gasteiger partial charge in [0.25, 0.3) is 10.0 Å². The smallest absolute Gasteiger partial charge is 0.416 e. The SMILES string of the molecule is O=C([O-])c1cc(S(=O)(=O)Nc2cccc(C(F)(F)F)c2)ccc1F. The molecule has 0 bridgehead atoms. The zero-order chi connectivity index (χ0) is 18.1. The summed E-state index contributed by atoms with van der Waals surface area (Å²) in [5.41, 5.74) is -2.44. The third-order valence-electron chi connectivity index (χ3n) is 2.91. The lowest BCUT2D eigenvalue weighted by molar-refractivity contribution is -0.255. The Hall–Kier alpha value is -2.62. The van der Waals surface area contributed by atoms with E-state index in [9.17, 15) is 35.9 Å². The molecule has 0 aliphatic rings. The van der Waals surface area contributed by atoms with Gasteiger partial charge in [-0.3, -0.25) is 4.72 Å². The van der Waals surface area contributed by atoms with Crippen LogP contribution in [0.5, 0.6) is 0 Å². The van der Waals surface area contributed by atoms with Crippen LogP contribution in [0.4, 0.5) is 23.2 Å². The molecule has 2 aromatic carbocycles. The molecule has 0 unspecified atom stereocenters. The molecule has 0 atom stereocenters. The minimum atomic E-state index is -4.67. The molecule has 24 heavy (non-hydrogen) atoms. The number of anilines is 1. The van der Waals surface area contributed by atoms with Crippen molar-refractivity contribution in [1.29, 1.82) is 0 Å². The number of carboxylic acids is 1. The lowest BCUT2D eigenvalue weighted by Gasteiger charge is -2.12. The molecular weight excluding hydrogens is 354 g/mol. The quantitative estimate of drug-likeness (QED) is 0.843. The summed E-state index contributed by atoms with van der Waals surface area (Å²) < 4.78 is 77.2. The average molecular weight is 362 g/mol. The van der Waals surface area contributed by atoms with Crippen LogP contribution in [0.25, 0.3) is 0 Å². The fourth-order valence-electron chi connectivity index (χ4n) is 1.80. The van der Waals surface area contributed by atoms with E-state index in [0.717, 1.165) is 24.3 Å². The zero-order valence-corrected chi connectivity index (χ0v) is 12.4. The van der Waals surface area contributed by atoms with Gasteiger partial charge in [-0.15, -0.1) is 0 Å². The molecule has 0 heterocycles. The van der Waals surface area contributed by atoms with Crippen LogP contribution in [0.2, 0.25) is 0 Å². The van der Waals surface area contributed by atoms with Crippen molar-refractivity contribution in [2.75, 3.05) is 4.72 Å². The maximum Gasteiger partial charge on any atom is 0.416 e. The van der Waals surface area contributed by atoms with Crippen molar-refractivity contribution in [3.05, 3.63) is 59.4 Å². The van der Waals surface area contributed by atoms with E-state index in [2.05, 4.69) is 0 Å². The number of aromatic carboxylic acids is 1. The number of carbonyl (C=O) groups excluding carboxylic acids is 1. The predicted octanol–water partition coefficient (Wildman–Crippen LogP) is 2.01. The van der Waals surface area contributed by atoms with Gasteiger partial charge in [-0.1, -0.05) is 6.07 Å². The normalized spacial score (nSPS) is 12.0. The zero-order valence-electron chi connectivity index (χ0n) is 11.6. The minimum absolute atomic E-state index is 0.385. The minimum Gasteiger partial charge on any atom is -0.545 e. The molecule has 0 saturated carbocycles. The van der Waals surface area contributed by atoms with Crippen LogP contribution in [0.15, 0.2) is 47.4 Å². The second kappa shape index (κ2) is 6.11. The average Bonchev–Trinajstić information content (AvgIpc) is 2.46. The molecule has 128 valence electrons. The molecular formula is C14H8F4NO4S-. The number of hydrogen-bond donors (Lipinski definition) is 1. The molecule has 0 fully saturated rings. The van der Waals surface area contributed by atoms with Gasteiger partial charge in [0.2, 0.25) is 0 Å². The summed E-state index contributed by atoms with van der Waals surface area (Å²) in [6.07, 6.45) is -4.67. The summed E-state index contributed by atoms with van der Waals surface area (Å²) >= 11 is 0. The number of rotatable bonds is 4. The Morgan fingerprint density at radius 2 is 1.75 bits per heavy atom. The van der Waals surface area contributed by atoms with Gasteiger partial charge in [0, 0.05) is 11.3 Å². The highest BCUT2D eigenvalue weighted by molar-refractivity contribution is 7.92. The third kappa shape index (κ3) is 3.82. The summed E-state index contributed by atoms with van der Waals surface area (Å²) in [4.78, 5) is 10.1. The van der Waals surface area contributed by atoms with Crippen molar-refractivity contribution >= 4 is 21.7 Å². The number of halogens is 4. The summed E-state index contributed by atoms with van der Waals surface area (Å²) in [7, 11) is -4.42.